The minimum Gasteiger partial charge on any atom is -0.493 e. The molecule has 1 aliphatic carbocycles. The molecule has 10 heteroatoms. The van der Waals surface area contributed by atoms with Crippen LogP contribution in [0.25, 0.3) is 17.1 Å². The maximum absolute atomic E-state index is 13.8. The number of fused-ring (bicyclic) bond motifs is 1. The van der Waals surface area contributed by atoms with Crippen molar-refractivity contribution in [1.82, 2.24) is 24.6 Å². The molecule has 0 amide bonds. The first-order valence-electron chi connectivity index (χ1n) is 13.7. The fourth-order valence-electron chi connectivity index (χ4n) is 5.75. The number of aryl methyl sites for hydroxylation is 2. The van der Waals surface area contributed by atoms with Crippen LogP contribution in [0, 0.1) is 0 Å². The number of nitrogens with zero attached hydrogens (tertiary/aromatic N) is 5. The molecular weight excluding hydrogens is 517 g/mol. The molecular formula is C30H31F3N6O. The molecule has 4 aromatic rings. The molecule has 40 heavy (non-hydrogen) atoms. The summed E-state index contributed by atoms with van der Waals surface area (Å²) in [5.74, 6) is -0.965. The topological polar surface area (TPSA) is 68.1 Å². The summed E-state index contributed by atoms with van der Waals surface area (Å²) in [6.07, 6.45) is 1.95. The van der Waals surface area contributed by atoms with Crippen molar-refractivity contribution in [1.29, 1.82) is 0 Å². The number of hydrogen-bond donors (Lipinski definition) is 1. The van der Waals surface area contributed by atoms with Gasteiger partial charge in [0.15, 0.2) is 11.6 Å². The first-order valence-corrected chi connectivity index (χ1v) is 13.7. The zero-order valence-corrected chi connectivity index (χ0v) is 22.3. The number of pyridine rings is 1. The van der Waals surface area contributed by atoms with Crippen LogP contribution in [0.1, 0.15) is 42.6 Å². The van der Waals surface area contributed by atoms with E-state index in [2.05, 4.69) is 31.3 Å². The predicted octanol–water partition coefficient (Wildman–Crippen LogP) is 6.44. The van der Waals surface area contributed by atoms with Crippen molar-refractivity contribution < 1.29 is 17.9 Å². The van der Waals surface area contributed by atoms with Gasteiger partial charge in [0.05, 0.1) is 12.8 Å². The summed E-state index contributed by atoms with van der Waals surface area (Å²) < 4.78 is 47.9. The first-order chi connectivity index (χ1) is 19.4. The van der Waals surface area contributed by atoms with Gasteiger partial charge in [-0.25, -0.2) is 4.98 Å². The van der Waals surface area contributed by atoms with Gasteiger partial charge >= 0.3 is 6.18 Å². The van der Waals surface area contributed by atoms with Crippen LogP contribution < -0.4 is 10.1 Å². The Hall–Kier alpha value is -3.92. The lowest BCUT2D eigenvalue weighted by Crippen LogP contribution is -2.32. The van der Waals surface area contributed by atoms with E-state index in [0.29, 0.717) is 17.4 Å². The maximum Gasteiger partial charge on any atom is 0.453 e. The quantitative estimate of drug-likeness (QED) is 0.280. The Morgan fingerprint density at radius 3 is 2.38 bits per heavy atom. The molecule has 3 heterocycles. The number of rotatable bonds is 6. The van der Waals surface area contributed by atoms with Gasteiger partial charge in [-0.2, -0.15) is 22.8 Å². The van der Waals surface area contributed by atoms with Crippen LogP contribution in [0.3, 0.4) is 0 Å². The molecule has 0 spiro atoms. The summed E-state index contributed by atoms with van der Waals surface area (Å²) in [5.41, 5.74) is 4.55. The lowest BCUT2D eigenvalue weighted by Gasteiger charge is -2.25. The third-order valence-corrected chi connectivity index (χ3v) is 7.80. The highest BCUT2D eigenvalue weighted by Crippen LogP contribution is 2.34. The number of methoxy groups -OCH3 is 1. The molecule has 1 unspecified atom stereocenters. The summed E-state index contributed by atoms with van der Waals surface area (Å²) in [7, 11) is 1.44. The van der Waals surface area contributed by atoms with Crippen LogP contribution in [0.5, 0.6) is 5.75 Å². The van der Waals surface area contributed by atoms with Crippen molar-refractivity contribution in [3.63, 3.8) is 0 Å². The highest BCUT2D eigenvalue weighted by molar-refractivity contribution is 5.64. The second-order valence-corrected chi connectivity index (χ2v) is 10.3. The van der Waals surface area contributed by atoms with Gasteiger partial charge in [-0.05, 0) is 87.0 Å². The van der Waals surface area contributed by atoms with Gasteiger partial charge in [-0.15, -0.1) is 5.10 Å². The van der Waals surface area contributed by atoms with Crippen molar-refractivity contribution in [3.05, 3.63) is 77.6 Å². The van der Waals surface area contributed by atoms with Crippen LogP contribution in [0.4, 0.5) is 24.8 Å². The van der Waals surface area contributed by atoms with Crippen LogP contribution in [-0.2, 0) is 19.0 Å². The number of benzene rings is 2. The van der Waals surface area contributed by atoms with E-state index in [4.69, 9.17) is 4.74 Å². The molecule has 1 N–H and O–H groups in total. The molecule has 1 fully saturated rings. The van der Waals surface area contributed by atoms with E-state index in [1.807, 2.05) is 42.5 Å². The summed E-state index contributed by atoms with van der Waals surface area (Å²) >= 11 is 0. The van der Waals surface area contributed by atoms with E-state index >= 15 is 0 Å². The predicted molar refractivity (Wildman–Crippen MR) is 147 cm³/mol. The second-order valence-electron chi connectivity index (χ2n) is 10.3. The Kier molecular flexibility index (Phi) is 7.18. The van der Waals surface area contributed by atoms with Gasteiger partial charge in [-0.1, -0.05) is 36.4 Å². The van der Waals surface area contributed by atoms with Crippen molar-refractivity contribution >= 4 is 11.6 Å². The van der Waals surface area contributed by atoms with E-state index in [-0.39, 0.29) is 17.5 Å². The second kappa shape index (κ2) is 10.9. The molecule has 0 saturated carbocycles. The fraction of sp³-hybridized carbons (Fsp3) is 0.367. The van der Waals surface area contributed by atoms with E-state index in [1.165, 1.54) is 44.2 Å². The third-order valence-electron chi connectivity index (χ3n) is 7.80. The minimum atomic E-state index is -4.73. The Bertz CT molecular complexity index is 1480. The van der Waals surface area contributed by atoms with Crippen LogP contribution in [0.15, 0.2) is 60.7 Å². The highest BCUT2D eigenvalue weighted by Gasteiger charge is 2.38. The number of aromatic nitrogens is 4. The van der Waals surface area contributed by atoms with E-state index in [9.17, 15) is 13.2 Å². The average molecular weight is 549 g/mol. The molecule has 2 aromatic heterocycles. The normalized spacial score (nSPS) is 17.9. The Labute approximate surface area is 231 Å². The van der Waals surface area contributed by atoms with Gasteiger partial charge in [0.1, 0.15) is 0 Å². The summed E-state index contributed by atoms with van der Waals surface area (Å²) in [5, 5.41) is 6.91. The van der Waals surface area contributed by atoms with Crippen LogP contribution in [-0.4, -0.2) is 50.9 Å². The van der Waals surface area contributed by atoms with Crippen LogP contribution in [0.2, 0.25) is 0 Å². The summed E-state index contributed by atoms with van der Waals surface area (Å²) in [6, 6.07) is 19.4. The maximum atomic E-state index is 13.8. The van der Waals surface area contributed by atoms with Crippen molar-refractivity contribution in [2.24, 2.45) is 0 Å². The van der Waals surface area contributed by atoms with Gasteiger partial charge < -0.3 is 15.0 Å². The molecule has 6 rings (SSSR count). The summed E-state index contributed by atoms with van der Waals surface area (Å²) in [4.78, 5) is 11.1. The molecule has 2 aliphatic rings. The molecule has 1 atom stereocenters. The van der Waals surface area contributed by atoms with E-state index < -0.39 is 12.0 Å². The standard InChI is InChI=1S/C30H31F3N6O/c1-40-26-16-15-25(21-7-3-2-4-8-21)35-27(26)39-29(36-28(37-39)30(31,32)33)34-23-12-9-20-10-13-24(14-11-22(20)19-23)38-17-5-6-18-38/h2-4,7-9,12,15-16,19,24H,5-6,10-11,13-14,17-18H2,1H3,(H,34,36,37). The van der Waals surface area contributed by atoms with Gasteiger partial charge in [0, 0.05) is 17.3 Å². The molecule has 0 bridgehead atoms. The van der Waals surface area contributed by atoms with E-state index in [1.54, 1.807) is 12.1 Å². The van der Waals surface area contributed by atoms with Crippen molar-refractivity contribution in [2.75, 3.05) is 25.5 Å². The van der Waals surface area contributed by atoms with Gasteiger partial charge in [0.25, 0.3) is 5.82 Å². The van der Waals surface area contributed by atoms with Crippen molar-refractivity contribution in [2.45, 2.75) is 50.7 Å². The number of ether oxygens (including phenoxy) is 1. The zero-order valence-electron chi connectivity index (χ0n) is 22.3. The lowest BCUT2D eigenvalue weighted by molar-refractivity contribution is -0.144. The van der Waals surface area contributed by atoms with Gasteiger partial charge in [0.2, 0.25) is 5.95 Å². The smallest absolute Gasteiger partial charge is 0.453 e. The Morgan fingerprint density at radius 1 is 0.900 bits per heavy atom. The molecule has 208 valence electrons. The highest BCUT2D eigenvalue weighted by atomic mass is 19.4. The van der Waals surface area contributed by atoms with Gasteiger partial charge in [-0.3, -0.25) is 0 Å². The SMILES string of the molecule is COc1ccc(-c2ccccc2)nc1-n1nc(C(F)(F)F)nc1Nc1ccc2c(c1)CCC(N1CCCC1)CC2. The van der Waals surface area contributed by atoms with Crippen molar-refractivity contribution in [3.8, 4) is 22.8 Å². The average Bonchev–Trinajstić information content (AvgIpc) is 3.60. The largest absolute Gasteiger partial charge is 0.493 e. The Morgan fingerprint density at radius 2 is 1.65 bits per heavy atom. The number of nitrogens with one attached hydrogen (secondary N) is 1. The monoisotopic (exact) mass is 548 g/mol. The zero-order chi connectivity index (χ0) is 27.7. The summed E-state index contributed by atoms with van der Waals surface area (Å²) in [6.45, 7) is 2.35. The molecule has 0 radical (unpaired) electrons. The number of alkyl halides is 3. The fourth-order valence-corrected chi connectivity index (χ4v) is 5.75. The number of hydrogen-bond acceptors (Lipinski definition) is 6. The third kappa shape index (κ3) is 5.40. The first kappa shape index (κ1) is 26.3. The minimum absolute atomic E-state index is 0.0909. The molecule has 1 saturated heterocycles. The lowest BCUT2D eigenvalue weighted by atomic mass is 10.0. The Balaban J connectivity index is 1.34. The number of halogens is 3. The van der Waals surface area contributed by atoms with E-state index in [0.717, 1.165) is 35.9 Å². The van der Waals surface area contributed by atoms with Crippen LogP contribution >= 0.6 is 0 Å². The molecule has 2 aromatic carbocycles. The molecule has 7 nitrogen and oxygen atoms in total. The number of likely N-dealkylation sites (tertiary alicyclic amines) is 1. The molecule has 1 aliphatic heterocycles. The number of anilines is 2.